The van der Waals surface area contributed by atoms with Gasteiger partial charge in [0.2, 0.25) is 5.91 Å². The van der Waals surface area contributed by atoms with Gasteiger partial charge >= 0.3 is 11.1 Å². The Bertz CT molecular complexity index is 1240. The zero-order valence-electron chi connectivity index (χ0n) is 17.2. The number of benzene rings is 1. The van der Waals surface area contributed by atoms with E-state index in [2.05, 4.69) is 9.97 Å². The van der Waals surface area contributed by atoms with E-state index < -0.39 is 11.1 Å². The molecule has 0 saturated carbocycles. The molecule has 31 heavy (non-hydrogen) atoms. The molecule has 2 aromatic heterocycles. The van der Waals surface area contributed by atoms with Crippen molar-refractivity contribution in [3.05, 3.63) is 74.6 Å². The van der Waals surface area contributed by atoms with Crippen molar-refractivity contribution in [3.8, 4) is 0 Å². The van der Waals surface area contributed by atoms with Crippen LogP contribution in [0.1, 0.15) is 23.0 Å². The number of pyridine rings is 1. The van der Waals surface area contributed by atoms with E-state index in [1.165, 1.54) is 4.57 Å². The van der Waals surface area contributed by atoms with Crippen LogP contribution in [0.25, 0.3) is 11.0 Å². The Morgan fingerprint density at radius 3 is 2.45 bits per heavy atom. The lowest BCUT2D eigenvalue weighted by Crippen LogP contribution is -2.51. The molecule has 1 saturated heterocycles. The third-order valence-corrected chi connectivity index (χ3v) is 5.52. The lowest BCUT2D eigenvalue weighted by Gasteiger charge is -2.35. The van der Waals surface area contributed by atoms with E-state index in [-0.39, 0.29) is 18.2 Å². The van der Waals surface area contributed by atoms with Crippen LogP contribution in [-0.2, 0) is 17.8 Å². The number of fused-ring (bicyclic) bond motifs is 1. The Kier molecular flexibility index (Phi) is 5.66. The number of carbonyl (C=O) groups is 2. The Morgan fingerprint density at radius 2 is 1.77 bits per heavy atom. The molecule has 1 aliphatic rings. The molecule has 1 aliphatic heterocycles. The van der Waals surface area contributed by atoms with E-state index in [9.17, 15) is 19.2 Å². The van der Waals surface area contributed by atoms with Gasteiger partial charge in [0.05, 0.1) is 17.5 Å². The van der Waals surface area contributed by atoms with Gasteiger partial charge in [0.15, 0.2) is 0 Å². The highest BCUT2D eigenvalue weighted by Crippen LogP contribution is 2.15. The lowest BCUT2D eigenvalue weighted by atomic mass is 10.1. The average molecular weight is 421 g/mol. The van der Waals surface area contributed by atoms with E-state index in [0.717, 1.165) is 5.69 Å². The molecule has 9 nitrogen and oxygen atoms in total. The number of nitrogens with zero attached hydrogens (tertiary/aromatic N) is 4. The number of nitrogens with one attached hydrogen (secondary N) is 1. The summed E-state index contributed by atoms with van der Waals surface area (Å²) in [5.74, 6) is -0.180. The first kappa shape index (κ1) is 20.5. The van der Waals surface area contributed by atoms with Crippen molar-refractivity contribution in [2.24, 2.45) is 0 Å². The summed E-state index contributed by atoms with van der Waals surface area (Å²) in [5, 5.41) is 0. The topological polar surface area (TPSA) is 108 Å². The van der Waals surface area contributed by atoms with Crippen molar-refractivity contribution in [1.29, 1.82) is 0 Å². The van der Waals surface area contributed by atoms with Gasteiger partial charge in [0.25, 0.3) is 5.91 Å². The highest BCUT2D eigenvalue weighted by molar-refractivity contribution is 5.97. The fraction of sp³-hybridized carbons (Fsp3) is 0.318. The zero-order chi connectivity index (χ0) is 22.0. The maximum atomic E-state index is 13.0. The molecule has 1 aromatic carbocycles. The number of amides is 2. The number of hydrogen-bond donors (Lipinski definition) is 1. The first-order chi connectivity index (χ1) is 15.0. The van der Waals surface area contributed by atoms with Crippen LogP contribution in [0.4, 0.5) is 0 Å². The first-order valence-corrected chi connectivity index (χ1v) is 10.2. The van der Waals surface area contributed by atoms with Crippen molar-refractivity contribution in [3.63, 3.8) is 0 Å². The van der Waals surface area contributed by atoms with Crippen molar-refractivity contribution in [2.75, 3.05) is 26.2 Å². The second-order valence-electron chi connectivity index (χ2n) is 7.41. The van der Waals surface area contributed by atoms with Crippen LogP contribution in [0.5, 0.6) is 0 Å². The SMILES string of the molecule is CCn1c(=O)c(=O)[nH]c2cc(C(=O)N3CCN(C(=O)Cc4ccccn4)CC3)ccc21. The molecular weight excluding hydrogens is 398 g/mol. The number of rotatable bonds is 4. The predicted molar refractivity (Wildman–Crippen MR) is 115 cm³/mol. The second kappa shape index (κ2) is 8.55. The van der Waals surface area contributed by atoms with E-state index in [4.69, 9.17) is 0 Å². The molecule has 2 amide bonds. The summed E-state index contributed by atoms with van der Waals surface area (Å²) in [4.78, 5) is 59.5. The van der Waals surface area contributed by atoms with Gasteiger partial charge in [-0.15, -0.1) is 0 Å². The lowest BCUT2D eigenvalue weighted by molar-refractivity contribution is -0.132. The van der Waals surface area contributed by atoms with Gasteiger partial charge < -0.3 is 19.4 Å². The largest absolute Gasteiger partial charge is 0.339 e. The number of aryl methyl sites for hydroxylation is 1. The summed E-state index contributed by atoms with van der Waals surface area (Å²) in [6.07, 6.45) is 1.90. The van der Waals surface area contributed by atoms with Crippen LogP contribution in [0.15, 0.2) is 52.2 Å². The summed E-state index contributed by atoms with van der Waals surface area (Å²) in [6, 6.07) is 10.4. The summed E-state index contributed by atoms with van der Waals surface area (Å²) in [5.41, 5.74) is 0.856. The van der Waals surface area contributed by atoms with Crippen LogP contribution < -0.4 is 11.1 Å². The fourth-order valence-electron chi connectivity index (χ4n) is 3.84. The molecule has 3 heterocycles. The van der Waals surface area contributed by atoms with E-state index in [1.54, 1.807) is 41.1 Å². The monoisotopic (exact) mass is 421 g/mol. The maximum absolute atomic E-state index is 13.0. The third kappa shape index (κ3) is 4.11. The van der Waals surface area contributed by atoms with Gasteiger partial charge in [-0.05, 0) is 37.3 Å². The van der Waals surface area contributed by atoms with Crippen LogP contribution in [0, 0.1) is 0 Å². The van der Waals surface area contributed by atoms with Gasteiger partial charge in [0, 0.05) is 50.2 Å². The maximum Gasteiger partial charge on any atom is 0.316 e. The minimum Gasteiger partial charge on any atom is -0.339 e. The quantitative estimate of drug-likeness (QED) is 0.622. The summed E-state index contributed by atoms with van der Waals surface area (Å²) in [6.45, 7) is 3.91. The van der Waals surface area contributed by atoms with Crippen molar-refractivity contribution >= 4 is 22.8 Å². The molecule has 0 bridgehead atoms. The molecule has 0 radical (unpaired) electrons. The summed E-state index contributed by atoms with van der Waals surface area (Å²) < 4.78 is 1.38. The zero-order valence-corrected chi connectivity index (χ0v) is 17.2. The number of aromatic amines is 1. The number of aromatic nitrogens is 3. The molecule has 1 N–H and O–H groups in total. The van der Waals surface area contributed by atoms with E-state index in [1.807, 2.05) is 18.2 Å². The molecular formula is C22H23N5O4. The van der Waals surface area contributed by atoms with E-state index >= 15 is 0 Å². The number of hydrogen-bond acceptors (Lipinski definition) is 5. The Balaban J connectivity index is 1.45. The normalized spacial score (nSPS) is 14.1. The Hall–Kier alpha value is -3.75. The molecule has 0 unspecified atom stereocenters. The molecule has 4 rings (SSSR count). The minimum absolute atomic E-state index is 0.00776. The van der Waals surface area contributed by atoms with Crippen molar-refractivity contribution in [1.82, 2.24) is 24.3 Å². The number of carbonyl (C=O) groups excluding carboxylic acids is 2. The molecule has 9 heteroatoms. The number of H-pyrrole nitrogens is 1. The van der Waals surface area contributed by atoms with E-state index in [0.29, 0.717) is 49.3 Å². The Labute approximate surface area is 177 Å². The first-order valence-electron chi connectivity index (χ1n) is 10.2. The van der Waals surface area contributed by atoms with Crippen LogP contribution in [0.2, 0.25) is 0 Å². The summed E-state index contributed by atoms with van der Waals surface area (Å²) in [7, 11) is 0. The van der Waals surface area contributed by atoms with Gasteiger partial charge in [0.1, 0.15) is 0 Å². The van der Waals surface area contributed by atoms with Crippen LogP contribution >= 0.6 is 0 Å². The molecule has 3 aromatic rings. The highest BCUT2D eigenvalue weighted by atomic mass is 16.2. The fourth-order valence-corrected chi connectivity index (χ4v) is 3.84. The smallest absolute Gasteiger partial charge is 0.316 e. The van der Waals surface area contributed by atoms with Crippen molar-refractivity contribution in [2.45, 2.75) is 19.9 Å². The Morgan fingerprint density at radius 1 is 1.03 bits per heavy atom. The van der Waals surface area contributed by atoms with Crippen LogP contribution in [0.3, 0.4) is 0 Å². The van der Waals surface area contributed by atoms with Gasteiger partial charge in [-0.2, -0.15) is 0 Å². The van der Waals surface area contributed by atoms with Crippen LogP contribution in [-0.4, -0.2) is 62.3 Å². The minimum atomic E-state index is -0.709. The highest BCUT2D eigenvalue weighted by Gasteiger charge is 2.25. The van der Waals surface area contributed by atoms with Gasteiger partial charge in [-0.1, -0.05) is 6.07 Å². The molecule has 0 atom stereocenters. The molecule has 160 valence electrons. The third-order valence-electron chi connectivity index (χ3n) is 5.52. The standard InChI is InChI=1S/C22H23N5O4/c1-2-27-18-7-6-15(13-17(18)24-20(29)22(27)31)21(30)26-11-9-25(10-12-26)19(28)14-16-5-3-4-8-23-16/h3-8,13H,2,9-12,14H2,1H3,(H,24,29). The van der Waals surface area contributed by atoms with Gasteiger partial charge in [-0.25, -0.2) is 0 Å². The average Bonchev–Trinajstić information content (AvgIpc) is 2.80. The molecule has 0 spiro atoms. The second-order valence-corrected chi connectivity index (χ2v) is 7.41. The molecule has 1 fully saturated rings. The number of piperazine rings is 1. The predicted octanol–water partition coefficient (Wildman–Crippen LogP) is 0.632. The van der Waals surface area contributed by atoms with Gasteiger partial charge in [-0.3, -0.25) is 24.2 Å². The summed E-state index contributed by atoms with van der Waals surface area (Å²) >= 11 is 0. The van der Waals surface area contributed by atoms with Crippen molar-refractivity contribution < 1.29 is 9.59 Å². The molecule has 0 aliphatic carbocycles.